The number of amides is 1. The summed E-state index contributed by atoms with van der Waals surface area (Å²) in [5.41, 5.74) is 4.21. The first-order valence-electron chi connectivity index (χ1n) is 9.11. The van der Waals surface area contributed by atoms with Crippen LogP contribution in [0.25, 0.3) is 0 Å². The minimum absolute atomic E-state index is 0.0571. The van der Waals surface area contributed by atoms with Gasteiger partial charge in [-0.15, -0.1) is 0 Å². The molecular weight excluding hydrogens is 348 g/mol. The zero-order valence-electron chi connectivity index (χ0n) is 14.7. The molecule has 0 bridgehead atoms. The third-order valence-electron chi connectivity index (χ3n) is 5.51. The van der Waals surface area contributed by atoms with Crippen LogP contribution in [0, 0.1) is 0 Å². The minimum Gasteiger partial charge on any atom is -0.381 e. The molecule has 0 unspecified atom stereocenters. The highest BCUT2D eigenvalue weighted by Gasteiger charge is 2.41. The second-order valence-corrected chi connectivity index (χ2v) is 7.53. The van der Waals surface area contributed by atoms with Crippen LogP contribution in [0.15, 0.2) is 42.5 Å². The third-order valence-corrected chi connectivity index (χ3v) is 5.75. The van der Waals surface area contributed by atoms with Gasteiger partial charge in [-0.25, -0.2) is 0 Å². The SMILES string of the molecule is O=C(NCc1ccc2c(c1)CNC2)C1(c2cccc(Cl)c2)CCOCC1. The fraction of sp³-hybridized carbons (Fsp3) is 0.381. The Balaban J connectivity index is 1.53. The molecule has 2 aromatic rings. The van der Waals surface area contributed by atoms with E-state index in [-0.39, 0.29) is 5.91 Å². The molecule has 4 rings (SSSR count). The van der Waals surface area contributed by atoms with Gasteiger partial charge in [0.25, 0.3) is 0 Å². The minimum atomic E-state index is -0.568. The maximum atomic E-state index is 13.2. The van der Waals surface area contributed by atoms with Crippen LogP contribution >= 0.6 is 11.6 Å². The van der Waals surface area contributed by atoms with Crippen molar-refractivity contribution in [2.75, 3.05) is 13.2 Å². The van der Waals surface area contributed by atoms with Crippen molar-refractivity contribution in [3.63, 3.8) is 0 Å². The average molecular weight is 371 g/mol. The number of halogens is 1. The standard InChI is InChI=1S/C21H23ClN2O2/c22-19-3-1-2-18(11-19)21(6-8-26-9-7-21)20(25)24-12-15-4-5-16-13-23-14-17(16)10-15/h1-5,10-11,23H,6-9,12-14H2,(H,24,25). The van der Waals surface area contributed by atoms with Crippen molar-refractivity contribution in [3.05, 3.63) is 69.7 Å². The summed E-state index contributed by atoms with van der Waals surface area (Å²) in [6.07, 6.45) is 1.35. The maximum Gasteiger partial charge on any atom is 0.231 e. The molecule has 1 amide bonds. The van der Waals surface area contributed by atoms with E-state index in [1.54, 1.807) is 0 Å². The highest BCUT2D eigenvalue weighted by Crippen LogP contribution is 2.36. The van der Waals surface area contributed by atoms with Gasteiger partial charge in [0.2, 0.25) is 5.91 Å². The molecule has 1 saturated heterocycles. The summed E-state index contributed by atoms with van der Waals surface area (Å²) in [5, 5.41) is 7.17. The topological polar surface area (TPSA) is 50.4 Å². The monoisotopic (exact) mass is 370 g/mol. The fourth-order valence-electron chi connectivity index (χ4n) is 3.96. The van der Waals surface area contributed by atoms with Gasteiger partial charge in [0.1, 0.15) is 0 Å². The maximum absolute atomic E-state index is 13.2. The number of fused-ring (bicyclic) bond motifs is 1. The van der Waals surface area contributed by atoms with E-state index >= 15 is 0 Å². The first-order chi connectivity index (χ1) is 12.7. The molecule has 0 spiro atoms. The summed E-state index contributed by atoms with van der Waals surface area (Å²) in [6, 6.07) is 14.1. The Morgan fingerprint density at radius 2 is 1.92 bits per heavy atom. The molecular formula is C21H23ClN2O2. The molecule has 1 fully saturated rings. The van der Waals surface area contributed by atoms with Gasteiger partial charge in [-0.1, -0.05) is 41.9 Å². The van der Waals surface area contributed by atoms with E-state index in [2.05, 4.69) is 28.8 Å². The van der Waals surface area contributed by atoms with Crippen molar-refractivity contribution < 1.29 is 9.53 Å². The van der Waals surface area contributed by atoms with Gasteiger partial charge in [0.15, 0.2) is 0 Å². The van der Waals surface area contributed by atoms with Gasteiger partial charge < -0.3 is 15.4 Å². The summed E-state index contributed by atoms with van der Waals surface area (Å²) in [6.45, 7) is 3.55. The Bertz CT molecular complexity index is 815. The van der Waals surface area contributed by atoms with Crippen LogP contribution in [0.1, 0.15) is 35.1 Å². The van der Waals surface area contributed by atoms with Gasteiger partial charge >= 0.3 is 0 Å². The molecule has 5 heteroatoms. The molecule has 2 heterocycles. The van der Waals surface area contributed by atoms with Crippen LogP contribution in [0.3, 0.4) is 0 Å². The smallest absolute Gasteiger partial charge is 0.231 e. The summed E-state index contributed by atoms with van der Waals surface area (Å²) in [5.74, 6) is 0.0571. The zero-order valence-corrected chi connectivity index (χ0v) is 15.4. The van der Waals surface area contributed by atoms with Crippen molar-refractivity contribution in [1.82, 2.24) is 10.6 Å². The molecule has 2 N–H and O–H groups in total. The molecule has 0 radical (unpaired) electrons. The van der Waals surface area contributed by atoms with Crippen molar-refractivity contribution in [3.8, 4) is 0 Å². The lowest BCUT2D eigenvalue weighted by Gasteiger charge is -2.36. The normalized spacial score (nSPS) is 18.3. The Kier molecular flexibility index (Phi) is 4.98. The molecule has 26 heavy (non-hydrogen) atoms. The number of carbonyl (C=O) groups is 1. The fourth-order valence-corrected chi connectivity index (χ4v) is 4.15. The molecule has 2 aliphatic heterocycles. The average Bonchev–Trinajstić information content (AvgIpc) is 3.14. The molecule has 4 nitrogen and oxygen atoms in total. The summed E-state index contributed by atoms with van der Waals surface area (Å²) >= 11 is 6.19. The molecule has 0 aromatic heterocycles. The second-order valence-electron chi connectivity index (χ2n) is 7.09. The predicted molar refractivity (Wildman–Crippen MR) is 102 cm³/mol. The first-order valence-corrected chi connectivity index (χ1v) is 9.49. The number of hydrogen-bond donors (Lipinski definition) is 2. The summed E-state index contributed by atoms with van der Waals surface area (Å²) < 4.78 is 5.52. The van der Waals surface area contributed by atoms with E-state index in [1.807, 2.05) is 24.3 Å². The molecule has 0 aliphatic carbocycles. The van der Waals surface area contributed by atoms with Crippen LogP contribution < -0.4 is 10.6 Å². The Hall–Kier alpha value is -1.88. The van der Waals surface area contributed by atoms with Gasteiger partial charge in [-0.3, -0.25) is 4.79 Å². The third kappa shape index (κ3) is 3.37. The lowest BCUT2D eigenvalue weighted by Crippen LogP contribution is -2.47. The number of ether oxygens (including phenoxy) is 1. The van der Waals surface area contributed by atoms with Crippen LogP contribution in [-0.4, -0.2) is 19.1 Å². The Morgan fingerprint density at radius 3 is 2.73 bits per heavy atom. The summed E-state index contributed by atoms with van der Waals surface area (Å²) in [7, 11) is 0. The van der Waals surface area contributed by atoms with E-state index in [4.69, 9.17) is 16.3 Å². The Morgan fingerprint density at radius 1 is 1.12 bits per heavy atom. The summed E-state index contributed by atoms with van der Waals surface area (Å²) in [4.78, 5) is 13.2. The predicted octanol–water partition coefficient (Wildman–Crippen LogP) is 3.31. The van der Waals surface area contributed by atoms with E-state index in [1.165, 1.54) is 11.1 Å². The van der Waals surface area contributed by atoms with Crippen molar-refractivity contribution in [2.45, 2.75) is 37.9 Å². The van der Waals surface area contributed by atoms with Crippen LogP contribution in [0.2, 0.25) is 5.02 Å². The lowest BCUT2D eigenvalue weighted by atomic mass is 9.73. The molecule has 0 atom stereocenters. The van der Waals surface area contributed by atoms with Crippen LogP contribution in [0.4, 0.5) is 0 Å². The van der Waals surface area contributed by atoms with Gasteiger partial charge in [-0.2, -0.15) is 0 Å². The number of rotatable bonds is 4. The number of hydrogen-bond acceptors (Lipinski definition) is 3. The number of carbonyl (C=O) groups excluding carboxylic acids is 1. The first kappa shape index (κ1) is 17.5. The zero-order chi connectivity index (χ0) is 18.0. The number of benzene rings is 2. The van der Waals surface area contributed by atoms with Crippen molar-refractivity contribution in [1.29, 1.82) is 0 Å². The van der Waals surface area contributed by atoms with E-state index in [9.17, 15) is 4.79 Å². The lowest BCUT2D eigenvalue weighted by molar-refractivity contribution is -0.130. The van der Waals surface area contributed by atoms with Crippen molar-refractivity contribution in [2.24, 2.45) is 0 Å². The van der Waals surface area contributed by atoms with Crippen LogP contribution in [-0.2, 0) is 34.6 Å². The largest absolute Gasteiger partial charge is 0.381 e. The van der Waals surface area contributed by atoms with Gasteiger partial charge in [0, 0.05) is 37.9 Å². The molecule has 2 aromatic carbocycles. The van der Waals surface area contributed by atoms with E-state index in [0.29, 0.717) is 37.6 Å². The van der Waals surface area contributed by atoms with Crippen molar-refractivity contribution >= 4 is 17.5 Å². The quantitative estimate of drug-likeness (QED) is 0.868. The highest BCUT2D eigenvalue weighted by atomic mass is 35.5. The van der Waals surface area contributed by atoms with Gasteiger partial charge in [0.05, 0.1) is 5.41 Å². The van der Waals surface area contributed by atoms with Gasteiger partial charge in [-0.05, 0) is 47.2 Å². The Labute approximate surface area is 158 Å². The molecule has 136 valence electrons. The number of nitrogens with one attached hydrogen (secondary N) is 2. The van der Waals surface area contributed by atoms with E-state index in [0.717, 1.165) is 24.2 Å². The molecule has 0 saturated carbocycles. The highest BCUT2D eigenvalue weighted by molar-refractivity contribution is 6.30. The second kappa shape index (κ2) is 7.39. The molecule has 2 aliphatic rings. The van der Waals surface area contributed by atoms with E-state index < -0.39 is 5.41 Å². The van der Waals surface area contributed by atoms with Crippen LogP contribution in [0.5, 0.6) is 0 Å².